The first kappa shape index (κ1) is 15.1. The maximum Gasteiger partial charge on any atom is 0.364 e. The number of hydrogen-bond acceptors (Lipinski definition) is 4. The molecule has 0 fully saturated rings. The van der Waals surface area contributed by atoms with Crippen molar-refractivity contribution in [2.24, 2.45) is 0 Å². The van der Waals surface area contributed by atoms with E-state index in [1.54, 1.807) is 0 Å². The molecule has 1 rings (SSSR count). The SMILES string of the molecule is CC(C)(C)[Si](C)(C)c1nc(C=O)cn1S(=O)(=O)O. The molecule has 1 aromatic rings. The van der Waals surface area contributed by atoms with E-state index in [1.165, 1.54) is 0 Å². The number of nitrogens with zero attached hydrogens (tertiary/aromatic N) is 2. The molecule has 0 saturated heterocycles. The van der Waals surface area contributed by atoms with Crippen molar-refractivity contribution in [3.63, 3.8) is 0 Å². The van der Waals surface area contributed by atoms with Crippen LogP contribution in [0, 0.1) is 0 Å². The van der Waals surface area contributed by atoms with Crippen LogP contribution < -0.4 is 5.45 Å². The van der Waals surface area contributed by atoms with Crippen LogP contribution in [0.5, 0.6) is 0 Å². The zero-order valence-corrected chi connectivity index (χ0v) is 12.9. The maximum absolute atomic E-state index is 11.3. The summed E-state index contributed by atoms with van der Waals surface area (Å²) in [6.45, 7) is 9.87. The second kappa shape index (κ2) is 4.28. The molecule has 1 N–H and O–H groups in total. The Balaban J connectivity index is 3.60. The molecular formula is C10H18N2O4SSi. The Morgan fingerprint density at radius 1 is 1.39 bits per heavy atom. The molecule has 0 unspecified atom stereocenters. The van der Waals surface area contributed by atoms with Crippen LogP contribution in [0.3, 0.4) is 0 Å². The van der Waals surface area contributed by atoms with E-state index in [1.807, 2.05) is 33.9 Å². The second-order valence-corrected chi connectivity index (χ2v) is 12.2. The van der Waals surface area contributed by atoms with E-state index >= 15 is 0 Å². The number of rotatable bonds is 3. The summed E-state index contributed by atoms with van der Waals surface area (Å²) < 4.78 is 32.6. The van der Waals surface area contributed by atoms with Gasteiger partial charge in [0.15, 0.2) is 6.29 Å². The van der Waals surface area contributed by atoms with E-state index in [9.17, 15) is 17.8 Å². The minimum absolute atomic E-state index is 0.00690. The fraction of sp³-hybridized carbons (Fsp3) is 0.600. The van der Waals surface area contributed by atoms with Gasteiger partial charge in [0.25, 0.3) is 0 Å². The van der Waals surface area contributed by atoms with Crippen LogP contribution >= 0.6 is 0 Å². The Labute approximate surface area is 108 Å². The van der Waals surface area contributed by atoms with Crippen LogP contribution in [0.25, 0.3) is 0 Å². The molecule has 0 aliphatic carbocycles. The second-order valence-electron chi connectivity index (χ2n) is 5.76. The molecule has 0 atom stereocenters. The lowest BCUT2D eigenvalue weighted by Crippen LogP contribution is -2.54. The summed E-state index contributed by atoms with van der Waals surface area (Å²) in [5.74, 6) is 0. The van der Waals surface area contributed by atoms with Crippen molar-refractivity contribution in [2.45, 2.75) is 38.9 Å². The minimum atomic E-state index is -4.44. The van der Waals surface area contributed by atoms with Gasteiger partial charge >= 0.3 is 10.3 Å². The Hall–Kier alpha value is -0.993. The van der Waals surface area contributed by atoms with Crippen LogP contribution in [-0.2, 0) is 10.3 Å². The van der Waals surface area contributed by atoms with Crippen LogP contribution in [0.4, 0.5) is 0 Å². The van der Waals surface area contributed by atoms with E-state index in [2.05, 4.69) is 4.98 Å². The lowest BCUT2D eigenvalue weighted by atomic mass is 10.2. The first-order valence-corrected chi connectivity index (χ1v) is 9.84. The highest BCUT2D eigenvalue weighted by Crippen LogP contribution is 2.35. The molecule has 0 aliphatic rings. The summed E-state index contributed by atoms with van der Waals surface area (Å²) in [6.07, 6.45) is 1.52. The molecule has 18 heavy (non-hydrogen) atoms. The summed E-state index contributed by atoms with van der Waals surface area (Å²) in [4.78, 5) is 14.8. The van der Waals surface area contributed by atoms with Crippen molar-refractivity contribution in [3.8, 4) is 0 Å². The Morgan fingerprint density at radius 2 is 1.89 bits per heavy atom. The third kappa shape index (κ3) is 2.55. The molecule has 0 aromatic carbocycles. The first-order chi connectivity index (χ1) is 7.91. The largest absolute Gasteiger partial charge is 0.364 e. The smallest absolute Gasteiger partial charge is 0.296 e. The van der Waals surface area contributed by atoms with Gasteiger partial charge in [0, 0.05) is 0 Å². The molecule has 0 amide bonds. The van der Waals surface area contributed by atoms with Crippen LogP contribution in [0.1, 0.15) is 31.3 Å². The molecular weight excluding hydrogens is 272 g/mol. The van der Waals surface area contributed by atoms with E-state index in [0.29, 0.717) is 10.3 Å². The quantitative estimate of drug-likeness (QED) is 0.511. The number of hydrogen-bond donors (Lipinski definition) is 1. The summed E-state index contributed by atoms with van der Waals surface area (Å²) in [6, 6.07) is 0. The van der Waals surface area contributed by atoms with Gasteiger partial charge in [-0.3, -0.25) is 9.35 Å². The lowest BCUT2D eigenvalue weighted by molar-refractivity contribution is 0.111. The highest BCUT2D eigenvalue weighted by Gasteiger charge is 2.42. The topological polar surface area (TPSA) is 89.3 Å². The summed E-state index contributed by atoms with van der Waals surface area (Å²) in [5.41, 5.74) is 0.284. The van der Waals surface area contributed by atoms with Gasteiger partial charge in [0.05, 0.1) is 6.20 Å². The third-order valence-corrected chi connectivity index (χ3v) is 9.65. The van der Waals surface area contributed by atoms with E-state index in [0.717, 1.165) is 6.20 Å². The first-order valence-electron chi connectivity index (χ1n) is 5.44. The average molecular weight is 290 g/mol. The van der Waals surface area contributed by atoms with Crippen LogP contribution in [0.2, 0.25) is 18.1 Å². The molecule has 0 aliphatic heterocycles. The zero-order valence-electron chi connectivity index (χ0n) is 11.1. The van der Waals surface area contributed by atoms with Gasteiger partial charge in [-0.15, -0.1) is 0 Å². The van der Waals surface area contributed by atoms with Gasteiger partial charge in [-0.2, -0.15) is 8.42 Å². The normalized spacial score (nSPS) is 13.7. The van der Waals surface area contributed by atoms with E-state index < -0.39 is 18.4 Å². The standard InChI is InChI=1S/C10H18N2O4SSi/c1-10(2,3)18(4,5)9-11-8(7-13)6-12(9)17(14,15)16/h6-7H,1-5H3,(H,14,15,16). The Bertz CT molecular complexity index is 569. The van der Waals surface area contributed by atoms with Crippen molar-refractivity contribution in [1.82, 2.24) is 8.96 Å². The van der Waals surface area contributed by atoms with Gasteiger partial charge in [-0.1, -0.05) is 33.9 Å². The van der Waals surface area contributed by atoms with Crippen molar-refractivity contribution in [1.29, 1.82) is 0 Å². The number of carbonyl (C=O) groups is 1. The fourth-order valence-corrected chi connectivity index (χ4v) is 4.59. The van der Waals surface area contributed by atoms with Gasteiger partial charge in [-0.25, -0.2) is 8.96 Å². The van der Waals surface area contributed by atoms with Crippen molar-refractivity contribution in [2.75, 3.05) is 0 Å². The molecule has 102 valence electrons. The molecule has 0 radical (unpaired) electrons. The number of aromatic nitrogens is 2. The van der Waals surface area contributed by atoms with Gasteiger partial charge in [0.1, 0.15) is 19.2 Å². The Kier molecular flexibility index (Phi) is 3.59. The van der Waals surface area contributed by atoms with E-state index in [4.69, 9.17) is 0 Å². The predicted molar refractivity (Wildman–Crippen MR) is 71.4 cm³/mol. The fourth-order valence-electron chi connectivity index (χ4n) is 1.37. The maximum atomic E-state index is 11.3. The molecule has 8 heteroatoms. The number of aldehydes is 1. The van der Waals surface area contributed by atoms with Gasteiger partial charge < -0.3 is 0 Å². The summed E-state index contributed by atoms with van der Waals surface area (Å²) in [5, 5.41) is -0.166. The number of imidazole rings is 1. The van der Waals surface area contributed by atoms with E-state index in [-0.39, 0.29) is 16.2 Å². The predicted octanol–water partition coefficient (Wildman–Crippen LogP) is 1.06. The number of carbonyl (C=O) groups excluding carboxylic acids is 1. The molecule has 1 heterocycles. The monoisotopic (exact) mass is 290 g/mol. The average Bonchev–Trinajstić information content (AvgIpc) is 2.59. The highest BCUT2D eigenvalue weighted by atomic mass is 32.2. The third-order valence-electron chi connectivity index (χ3n) is 3.50. The van der Waals surface area contributed by atoms with Gasteiger partial charge in [-0.05, 0) is 5.04 Å². The molecule has 1 aromatic heterocycles. The van der Waals surface area contributed by atoms with Crippen LogP contribution in [0.15, 0.2) is 6.20 Å². The lowest BCUT2D eigenvalue weighted by Gasteiger charge is -2.35. The molecule has 0 saturated carbocycles. The molecule has 6 nitrogen and oxygen atoms in total. The Morgan fingerprint density at radius 3 is 2.22 bits per heavy atom. The van der Waals surface area contributed by atoms with Crippen molar-refractivity contribution >= 4 is 30.1 Å². The van der Waals surface area contributed by atoms with Crippen LogP contribution in [-0.4, -0.2) is 36.3 Å². The summed E-state index contributed by atoms with van der Waals surface area (Å²) >= 11 is 0. The molecule has 0 spiro atoms. The minimum Gasteiger partial charge on any atom is -0.296 e. The highest BCUT2D eigenvalue weighted by molar-refractivity contribution is 7.84. The van der Waals surface area contributed by atoms with Gasteiger partial charge in [0.2, 0.25) is 0 Å². The van der Waals surface area contributed by atoms with Crippen molar-refractivity contribution < 1.29 is 17.8 Å². The summed E-state index contributed by atoms with van der Waals surface area (Å²) in [7, 11) is -6.71. The zero-order chi connectivity index (χ0) is 14.4. The molecule has 0 bridgehead atoms. The van der Waals surface area contributed by atoms with Crippen molar-refractivity contribution in [3.05, 3.63) is 11.9 Å².